The number of carbonyl (C=O) groups is 2. The van der Waals surface area contributed by atoms with Crippen molar-refractivity contribution in [3.63, 3.8) is 0 Å². The van der Waals surface area contributed by atoms with Crippen LogP contribution in [0.4, 0.5) is 0 Å². The zero-order valence-corrected chi connectivity index (χ0v) is 19.6. The second-order valence-electron chi connectivity index (χ2n) is 8.42. The van der Waals surface area contributed by atoms with Crippen LogP contribution in [0.2, 0.25) is 0 Å². The van der Waals surface area contributed by atoms with Crippen LogP contribution in [-0.4, -0.2) is 59.9 Å². The maximum atomic E-state index is 13.1. The van der Waals surface area contributed by atoms with Gasteiger partial charge in [-0.1, -0.05) is 43.3 Å². The lowest BCUT2D eigenvalue weighted by Gasteiger charge is -2.34. The Balaban J connectivity index is 1.43. The number of fused-ring (bicyclic) bond motifs is 1. The number of rotatable bonds is 6. The molecule has 3 aromatic rings. The zero-order chi connectivity index (χ0) is 23.6. The predicted octanol–water partition coefficient (Wildman–Crippen LogP) is 2.65. The van der Waals surface area contributed by atoms with E-state index in [9.17, 15) is 18.0 Å². The molecule has 2 amide bonds. The minimum atomic E-state index is -3.60. The Morgan fingerprint density at radius 1 is 1.09 bits per heavy atom. The average Bonchev–Trinajstić information content (AvgIpc) is 3.21. The summed E-state index contributed by atoms with van der Waals surface area (Å²) in [6.45, 7) is 3.14. The summed E-state index contributed by atoms with van der Waals surface area (Å²) in [4.78, 5) is 32.1. The number of pyridine rings is 1. The minimum Gasteiger partial charge on any atom is -0.348 e. The van der Waals surface area contributed by atoms with E-state index in [-0.39, 0.29) is 28.7 Å². The Hall–Kier alpha value is -3.20. The number of imidazole rings is 1. The summed E-state index contributed by atoms with van der Waals surface area (Å²) in [6.07, 6.45) is 4.65. The van der Waals surface area contributed by atoms with Crippen molar-refractivity contribution in [3.05, 3.63) is 66.0 Å². The first kappa shape index (κ1) is 23.0. The summed E-state index contributed by atoms with van der Waals surface area (Å²) in [5, 5.41) is 2.82. The molecule has 0 radical (unpaired) electrons. The number of hydrogen-bond acceptors (Lipinski definition) is 5. The lowest BCUT2D eigenvalue weighted by molar-refractivity contribution is -0.134. The molecule has 1 N–H and O–H groups in total. The van der Waals surface area contributed by atoms with E-state index in [2.05, 4.69) is 10.3 Å². The van der Waals surface area contributed by atoms with Crippen molar-refractivity contribution in [3.8, 4) is 0 Å². The third-order valence-electron chi connectivity index (χ3n) is 6.11. The average molecular weight is 469 g/mol. The third-order valence-corrected chi connectivity index (χ3v) is 7.06. The van der Waals surface area contributed by atoms with E-state index in [1.54, 1.807) is 24.4 Å². The number of likely N-dealkylation sites (tertiary alicyclic amines) is 1. The van der Waals surface area contributed by atoms with Gasteiger partial charge >= 0.3 is 0 Å². The number of amides is 2. The number of benzene rings is 1. The fourth-order valence-electron chi connectivity index (χ4n) is 4.39. The highest BCUT2D eigenvalue weighted by Crippen LogP contribution is 2.24. The Morgan fingerprint density at radius 2 is 1.76 bits per heavy atom. The van der Waals surface area contributed by atoms with Gasteiger partial charge in [0.2, 0.25) is 20.9 Å². The number of piperidine rings is 1. The number of aromatic nitrogens is 2. The molecule has 0 aliphatic carbocycles. The van der Waals surface area contributed by atoms with Crippen LogP contribution in [-0.2, 0) is 14.6 Å². The largest absolute Gasteiger partial charge is 0.348 e. The van der Waals surface area contributed by atoms with Crippen molar-refractivity contribution < 1.29 is 18.0 Å². The molecule has 1 aliphatic heterocycles. The highest BCUT2D eigenvalue weighted by atomic mass is 32.2. The van der Waals surface area contributed by atoms with Crippen LogP contribution >= 0.6 is 0 Å². The Morgan fingerprint density at radius 3 is 2.39 bits per heavy atom. The molecule has 0 bridgehead atoms. The van der Waals surface area contributed by atoms with Gasteiger partial charge in [-0.15, -0.1) is 0 Å². The van der Waals surface area contributed by atoms with Crippen LogP contribution in [0.1, 0.15) is 48.2 Å². The number of carbonyl (C=O) groups excluding carboxylic acids is 2. The van der Waals surface area contributed by atoms with Crippen LogP contribution in [0, 0.1) is 0 Å². The summed E-state index contributed by atoms with van der Waals surface area (Å²) in [6, 6.07) is 14.8. The normalized spacial score (nSPS) is 16.0. The van der Waals surface area contributed by atoms with Crippen LogP contribution in [0.15, 0.2) is 59.9 Å². The second kappa shape index (κ2) is 9.35. The fourth-order valence-corrected chi connectivity index (χ4v) is 5.17. The number of hydrogen-bond donors (Lipinski definition) is 1. The molecular weight excluding hydrogens is 440 g/mol. The first-order valence-corrected chi connectivity index (χ1v) is 13.0. The summed E-state index contributed by atoms with van der Waals surface area (Å²) in [5.41, 5.74) is 1.55. The van der Waals surface area contributed by atoms with E-state index in [1.807, 2.05) is 42.2 Å². The molecular formula is C24H28N4O4S. The summed E-state index contributed by atoms with van der Waals surface area (Å²) < 4.78 is 25.6. The van der Waals surface area contributed by atoms with Gasteiger partial charge in [0.25, 0.3) is 5.91 Å². The summed E-state index contributed by atoms with van der Waals surface area (Å²) in [5.74, 6) is -0.455. The Labute approximate surface area is 193 Å². The number of nitrogens with zero attached hydrogens (tertiary/aromatic N) is 3. The molecule has 2 aromatic heterocycles. The molecule has 33 heavy (non-hydrogen) atoms. The summed E-state index contributed by atoms with van der Waals surface area (Å²) >= 11 is 0. The van der Waals surface area contributed by atoms with Gasteiger partial charge in [0.05, 0.1) is 11.4 Å². The second-order valence-corrected chi connectivity index (χ2v) is 10.3. The van der Waals surface area contributed by atoms with Crippen LogP contribution < -0.4 is 5.32 Å². The monoisotopic (exact) mass is 468 g/mol. The van der Waals surface area contributed by atoms with Gasteiger partial charge in [-0.25, -0.2) is 13.4 Å². The number of nitrogens with one attached hydrogen (secondary N) is 1. The van der Waals surface area contributed by atoms with Crippen molar-refractivity contribution in [2.75, 3.05) is 19.3 Å². The molecule has 1 fully saturated rings. The minimum absolute atomic E-state index is 0.0876. The first-order valence-electron chi connectivity index (χ1n) is 11.1. The molecule has 1 unspecified atom stereocenters. The van der Waals surface area contributed by atoms with Gasteiger partial charge in [0.15, 0.2) is 5.69 Å². The van der Waals surface area contributed by atoms with Gasteiger partial charge < -0.3 is 10.2 Å². The van der Waals surface area contributed by atoms with Gasteiger partial charge in [0, 0.05) is 31.6 Å². The smallest absolute Gasteiger partial charge is 0.272 e. The number of sulfone groups is 1. The Kier molecular flexibility index (Phi) is 6.51. The maximum Gasteiger partial charge on any atom is 0.272 e. The van der Waals surface area contributed by atoms with Crippen molar-refractivity contribution in [2.24, 2.45) is 0 Å². The van der Waals surface area contributed by atoms with Crippen LogP contribution in [0.5, 0.6) is 0 Å². The zero-order valence-electron chi connectivity index (χ0n) is 18.8. The molecule has 1 atom stereocenters. The summed E-state index contributed by atoms with van der Waals surface area (Å²) in [7, 11) is -3.60. The van der Waals surface area contributed by atoms with Crippen molar-refractivity contribution in [2.45, 2.75) is 43.3 Å². The molecule has 3 heterocycles. The SMILES string of the molecule is CCC(C(=O)N1CCC(NC(=O)c2nc(S(C)(=O)=O)n3ccccc23)CC1)c1ccccc1. The molecule has 0 saturated carbocycles. The standard InChI is InChI=1S/C24H28N4O4S/c1-3-19(17-9-5-4-6-10-17)23(30)27-15-12-18(13-16-27)25-22(29)21-20-11-7-8-14-28(20)24(26-21)33(2,31)32/h4-11,14,18-19H,3,12-13,15-16H2,1-2H3,(H,25,29). The topological polar surface area (TPSA) is 101 Å². The fraction of sp³-hybridized carbons (Fsp3) is 0.375. The van der Waals surface area contributed by atoms with Crippen LogP contribution in [0.3, 0.4) is 0 Å². The first-order chi connectivity index (χ1) is 15.8. The van der Waals surface area contributed by atoms with Gasteiger partial charge in [-0.2, -0.15) is 0 Å². The van der Waals surface area contributed by atoms with Gasteiger partial charge in [0.1, 0.15) is 0 Å². The van der Waals surface area contributed by atoms with Gasteiger partial charge in [-0.05, 0) is 37.0 Å². The van der Waals surface area contributed by atoms with E-state index in [0.29, 0.717) is 31.4 Å². The molecule has 174 valence electrons. The molecule has 1 aromatic carbocycles. The van der Waals surface area contributed by atoms with E-state index in [0.717, 1.165) is 18.2 Å². The van der Waals surface area contributed by atoms with E-state index < -0.39 is 15.7 Å². The predicted molar refractivity (Wildman–Crippen MR) is 125 cm³/mol. The quantitative estimate of drug-likeness (QED) is 0.599. The van der Waals surface area contributed by atoms with Crippen molar-refractivity contribution in [1.29, 1.82) is 0 Å². The van der Waals surface area contributed by atoms with Crippen LogP contribution in [0.25, 0.3) is 5.52 Å². The molecule has 9 heteroatoms. The lowest BCUT2D eigenvalue weighted by Crippen LogP contribution is -2.47. The van der Waals surface area contributed by atoms with Gasteiger partial charge in [-0.3, -0.25) is 14.0 Å². The maximum absolute atomic E-state index is 13.1. The molecule has 8 nitrogen and oxygen atoms in total. The molecule has 4 rings (SSSR count). The third kappa shape index (κ3) is 4.78. The molecule has 1 saturated heterocycles. The molecule has 0 spiro atoms. The lowest BCUT2D eigenvalue weighted by atomic mass is 9.93. The highest BCUT2D eigenvalue weighted by Gasteiger charge is 2.30. The van der Waals surface area contributed by atoms with E-state index in [4.69, 9.17) is 0 Å². The molecule has 1 aliphatic rings. The van der Waals surface area contributed by atoms with Crippen molar-refractivity contribution in [1.82, 2.24) is 19.6 Å². The Bertz CT molecular complexity index is 1260. The van der Waals surface area contributed by atoms with E-state index in [1.165, 1.54) is 4.40 Å². The van der Waals surface area contributed by atoms with E-state index >= 15 is 0 Å². The highest BCUT2D eigenvalue weighted by molar-refractivity contribution is 7.90. The van der Waals surface area contributed by atoms with Crippen molar-refractivity contribution >= 4 is 27.2 Å².